The molecular weight excluding hydrogens is 330 g/mol. The van der Waals surface area contributed by atoms with E-state index in [0.29, 0.717) is 18.3 Å². The third-order valence-corrected chi connectivity index (χ3v) is 2.62. The van der Waals surface area contributed by atoms with Crippen molar-refractivity contribution in [2.45, 2.75) is 12.4 Å². The minimum atomic E-state index is -4.80. The van der Waals surface area contributed by atoms with E-state index in [2.05, 4.69) is 26.9 Å². The van der Waals surface area contributed by atoms with Crippen LogP contribution in [0.5, 0.6) is 0 Å². The van der Waals surface area contributed by atoms with Gasteiger partial charge in [-0.15, -0.1) is 0 Å². The van der Waals surface area contributed by atoms with E-state index in [1.807, 2.05) is 0 Å². The van der Waals surface area contributed by atoms with Crippen LogP contribution in [0.2, 0.25) is 0 Å². The van der Waals surface area contributed by atoms with Crippen molar-refractivity contribution in [2.75, 3.05) is 0 Å². The van der Waals surface area contributed by atoms with Crippen LogP contribution < -0.4 is 5.84 Å². The summed E-state index contributed by atoms with van der Waals surface area (Å²) in [6, 6.07) is 0.684. The van der Waals surface area contributed by atoms with Crippen LogP contribution in [-0.4, -0.2) is 6.21 Å². The molecule has 2 nitrogen and oxygen atoms in total. The average molecular weight is 335 g/mol. The van der Waals surface area contributed by atoms with Crippen LogP contribution in [0.25, 0.3) is 0 Å². The summed E-state index contributed by atoms with van der Waals surface area (Å²) in [7, 11) is 0. The molecule has 0 amide bonds. The number of hydrogen-bond acceptors (Lipinski definition) is 2. The largest absolute Gasteiger partial charge is 0.417 e. The molecule has 0 heterocycles. The molecule has 9 heteroatoms. The molecule has 0 saturated heterocycles. The minimum absolute atomic E-state index is 0.337. The van der Waals surface area contributed by atoms with Crippen LogP contribution in [0, 0.1) is 0 Å². The lowest BCUT2D eigenvalue weighted by Crippen LogP contribution is -2.13. The number of hydrazone groups is 1. The van der Waals surface area contributed by atoms with E-state index in [4.69, 9.17) is 0 Å². The van der Waals surface area contributed by atoms with Crippen molar-refractivity contribution in [3.63, 3.8) is 0 Å². The maximum atomic E-state index is 12.6. The number of alkyl halides is 6. The first-order valence-corrected chi connectivity index (χ1v) is 5.08. The predicted molar refractivity (Wildman–Crippen MR) is 55.9 cm³/mol. The molecule has 0 spiro atoms. The molecule has 1 aromatic carbocycles. The summed E-state index contributed by atoms with van der Waals surface area (Å²) < 4.78 is 74.6. The normalized spacial score (nSPS) is 13.3. The lowest BCUT2D eigenvalue weighted by atomic mass is 10.0. The summed E-state index contributed by atoms with van der Waals surface area (Å²) in [4.78, 5) is 0. The number of rotatable bonds is 1. The molecule has 0 aromatic heterocycles. The fraction of sp³-hybridized carbons (Fsp3) is 0.222. The Morgan fingerprint density at radius 3 is 1.89 bits per heavy atom. The maximum absolute atomic E-state index is 12.6. The Kier molecular flexibility index (Phi) is 3.94. The summed E-state index contributed by atoms with van der Waals surface area (Å²) in [5.74, 6) is 4.68. The zero-order valence-corrected chi connectivity index (χ0v) is 9.99. The van der Waals surface area contributed by atoms with Crippen molar-refractivity contribution < 1.29 is 26.3 Å². The van der Waals surface area contributed by atoms with E-state index in [1.165, 1.54) is 0 Å². The lowest BCUT2D eigenvalue weighted by molar-refractivity contribution is -0.141. The highest BCUT2D eigenvalue weighted by atomic mass is 79.9. The zero-order chi connectivity index (χ0) is 14.1. The SMILES string of the molecule is NN=Cc1cc(C(F)(F)F)c(Br)cc1C(F)(F)F. The van der Waals surface area contributed by atoms with Crippen LogP contribution in [0.15, 0.2) is 21.7 Å². The Morgan fingerprint density at radius 2 is 1.50 bits per heavy atom. The van der Waals surface area contributed by atoms with Gasteiger partial charge in [-0.05, 0) is 12.1 Å². The van der Waals surface area contributed by atoms with E-state index in [0.717, 1.165) is 0 Å². The van der Waals surface area contributed by atoms with E-state index in [9.17, 15) is 26.3 Å². The number of halogens is 7. The highest BCUT2D eigenvalue weighted by Gasteiger charge is 2.38. The monoisotopic (exact) mass is 334 g/mol. The van der Waals surface area contributed by atoms with E-state index < -0.39 is 33.5 Å². The molecule has 0 fully saturated rings. The average Bonchev–Trinajstić information content (AvgIpc) is 2.17. The molecule has 1 rings (SSSR count). The molecule has 0 saturated carbocycles. The summed E-state index contributed by atoms with van der Waals surface area (Å²) in [6.45, 7) is 0. The summed E-state index contributed by atoms with van der Waals surface area (Å²) in [5.41, 5.74) is -3.23. The zero-order valence-electron chi connectivity index (χ0n) is 8.40. The number of benzene rings is 1. The number of hydrogen-bond donors (Lipinski definition) is 1. The Morgan fingerprint density at radius 1 is 1.00 bits per heavy atom. The Labute approximate surface area is 106 Å². The highest BCUT2D eigenvalue weighted by Crippen LogP contribution is 2.40. The van der Waals surface area contributed by atoms with Gasteiger partial charge in [0.15, 0.2) is 0 Å². The maximum Gasteiger partial charge on any atom is 0.417 e. The molecule has 18 heavy (non-hydrogen) atoms. The molecule has 2 N–H and O–H groups in total. The van der Waals surface area contributed by atoms with Gasteiger partial charge >= 0.3 is 12.4 Å². The van der Waals surface area contributed by atoms with Gasteiger partial charge in [0.2, 0.25) is 0 Å². The van der Waals surface area contributed by atoms with Gasteiger partial charge in [-0.3, -0.25) is 0 Å². The lowest BCUT2D eigenvalue weighted by Gasteiger charge is -2.15. The van der Waals surface area contributed by atoms with Gasteiger partial charge in [-0.2, -0.15) is 31.4 Å². The standard InChI is InChI=1S/C9H5BrF6N2/c10-7-2-5(8(11,12)13)4(3-18-17)1-6(7)9(14,15)16/h1-3H,17H2. The van der Waals surface area contributed by atoms with Crippen LogP contribution >= 0.6 is 15.9 Å². The van der Waals surface area contributed by atoms with Crippen molar-refractivity contribution in [1.29, 1.82) is 0 Å². The van der Waals surface area contributed by atoms with Crippen LogP contribution in [0.1, 0.15) is 16.7 Å². The van der Waals surface area contributed by atoms with Crippen molar-refractivity contribution in [3.8, 4) is 0 Å². The Hall–Kier alpha value is -1.25. The molecule has 0 atom stereocenters. The quantitative estimate of drug-likeness (QED) is 0.361. The van der Waals surface area contributed by atoms with E-state index in [1.54, 1.807) is 0 Å². The molecule has 0 aliphatic heterocycles. The molecule has 100 valence electrons. The van der Waals surface area contributed by atoms with Crippen LogP contribution in [-0.2, 0) is 12.4 Å². The molecule has 0 radical (unpaired) electrons. The van der Waals surface area contributed by atoms with E-state index >= 15 is 0 Å². The first-order valence-electron chi connectivity index (χ1n) is 4.28. The minimum Gasteiger partial charge on any atom is -0.323 e. The second kappa shape index (κ2) is 4.79. The van der Waals surface area contributed by atoms with Gasteiger partial charge < -0.3 is 5.84 Å². The van der Waals surface area contributed by atoms with Crippen LogP contribution in [0.4, 0.5) is 26.3 Å². The fourth-order valence-electron chi connectivity index (χ4n) is 1.24. The highest BCUT2D eigenvalue weighted by molar-refractivity contribution is 9.10. The van der Waals surface area contributed by atoms with Gasteiger partial charge in [0.25, 0.3) is 0 Å². The second-order valence-electron chi connectivity index (χ2n) is 3.19. The summed E-state index contributed by atoms with van der Waals surface area (Å²) in [5, 5.41) is 2.83. The molecule has 0 aliphatic carbocycles. The first-order chi connectivity index (χ1) is 8.07. The summed E-state index contributed by atoms with van der Waals surface area (Å²) in [6.07, 6.45) is -9.06. The summed E-state index contributed by atoms with van der Waals surface area (Å²) >= 11 is 2.46. The second-order valence-corrected chi connectivity index (χ2v) is 4.05. The third-order valence-electron chi connectivity index (χ3n) is 1.96. The van der Waals surface area contributed by atoms with Gasteiger partial charge in [0.05, 0.1) is 17.3 Å². The topological polar surface area (TPSA) is 38.4 Å². The van der Waals surface area contributed by atoms with Gasteiger partial charge in [-0.1, -0.05) is 15.9 Å². The van der Waals surface area contributed by atoms with Gasteiger partial charge in [-0.25, -0.2) is 0 Å². The fourth-order valence-corrected chi connectivity index (χ4v) is 1.81. The number of nitrogens with zero attached hydrogens (tertiary/aromatic N) is 1. The molecule has 0 aliphatic rings. The smallest absolute Gasteiger partial charge is 0.323 e. The predicted octanol–water partition coefficient (Wildman–Crippen LogP) is 3.78. The van der Waals surface area contributed by atoms with E-state index in [-0.39, 0.29) is 0 Å². The van der Waals surface area contributed by atoms with Crippen molar-refractivity contribution in [1.82, 2.24) is 0 Å². The van der Waals surface area contributed by atoms with Crippen molar-refractivity contribution in [3.05, 3.63) is 33.3 Å². The number of nitrogens with two attached hydrogens (primary N) is 1. The Balaban J connectivity index is 3.54. The first kappa shape index (κ1) is 14.8. The van der Waals surface area contributed by atoms with Gasteiger partial charge in [0.1, 0.15) is 0 Å². The molecule has 0 unspecified atom stereocenters. The van der Waals surface area contributed by atoms with Crippen LogP contribution in [0.3, 0.4) is 0 Å². The van der Waals surface area contributed by atoms with Crippen molar-refractivity contribution in [2.24, 2.45) is 10.9 Å². The molecular formula is C9H5BrF6N2. The molecule has 0 bridgehead atoms. The third kappa shape index (κ3) is 3.15. The van der Waals surface area contributed by atoms with Gasteiger partial charge in [0, 0.05) is 10.0 Å². The van der Waals surface area contributed by atoms with Crippen molar-refractivity contribution >= 4 is 22.1 Å². The Bertz CT molecular complexity index is 477. The molecule has 1 aromatic rings.